The van der Waals surface area contributed by atoms with Gasteiger partial charge in [0.05, 0.1) is 24.5 Å². The standard InChI is InChI=1S/C19H28F3N5O2S.HI/c1-2-23-18(25-16-8-10-26(13-16)14-19(20,21)22)24-9-12-30(28,29)27-11-7-15-5-3-4-6-17(15)27;/h3-6,16H,2,7-14H2,1H3,(H2,23,24,25);1H. The molecule has 1 atom stereocenters. The predicted octanol–water partition coefficient (Wildman–Crippen LogP) is 2.19. The van der Waals surface area contributed by atoms with Gasteiger partial charge in [-0.2, -0.15) is 13.2 Å². The van der Waals surface area contributed by atoms with Crippen molar-refractivity contribution in [3.05, 3.63) is 29.8 Å². The Hall–Kier alpha value is -1.28. The zero-order valence-corrected chi connectivity index (χ0v) is 20.5. The van der Waals surface area contributed by atoms with Gasteiger partial charge in [-0.25, -0.2) is 8.42 Å². The van der Waals surface area contributed by atoms with Crippen LogP contribution in [0, 0.1) is 0 Å². The highest BCUT2D eigenvalue weighted by Crippen LogP contribution is 2.29. The van der Waals surface area contributed by atoms with Gasteiger partial charge < -0.3 is 10.6 Å². The van der Waals surface area contributed by atoms with Gasteiger partial charge in [0.2, 0.25) is 10.0 Å². The first-order valence-electron chi connectivity index (χ1n) is 10.1. The maximum Gasteiger partial charge on any atom is 0.401 e. The molecule has 1 aromatic carbocycles. The van der Waals surface area contributed by atoms with Gasteiger partial charge >= 0.3 is 6.18 Å². The Bertz CT molecular complexity index is 866. The van der Waals surface area contributed by atoms with Gasteiger partial charge in [-0.05, 0) is 31.4 Å². The predicted molar refractivity (Wildman–Crippen MR) is 127 cm³/mol. The number of aliphatic imine (C=N–C) groups is 1. The van der Waals surface area contributed by atoms with Crippen molar-refractivity contribution in [3.8, 4) is 0 Å². The number of para-hydroxylation sites is 1. The molecular formula is C19H29F3IN5O2S. The number of nitrogens with one attached hydrogen (secondary N) is 2. The number of halogens is 4. The van der Waals surface area contributed by atoms with Gasteiger partial charge in [0, 0.05) is 32.2 Å². The van der Waals surface area contributed by atoms with Crippen LogP contribution in [0.4, 0.5) is 18.9 Å². The highest BCUT2D eigenvalue weighted by Gasteiger charge is 2.34. The second-order valence-corrected chi connectivity index (χ2v) is 9.52. The van der Waals surface area contributed by atoms with E-state index in [2.05, 4.69) is 15.6 Å². The molecule has 7 nitrogen and oxygen atoms in total. The second-order valence-electron chi connectivity index (χ2n) is 7.51. The van der Waals surface area contributed by atoms with Crippen LogP contribution < -0.4 is 14.9 Å². The van der Waals surface area contributed by atoms with E-state index < -0.39 is 22.7 Å². The van der Waals surface area contributed by atoms with Crippen LogP contribution in [0.2, 0.25) is 0 Å². The van der Waals surface area contributed by atoms with Crippen molar-refractivity contribution in [3.63, 3.8) is 0 Å². The third kappa shape index (κ3) is 7.38. The zero-order chi connectivity index (χ0) is 21.8. The number of benzene rings is 1. The Balaban J connectivity index is 0.00000341. The van der Waals surface area contributed by atoms with Crippen molar-refractivity contribution in [2.24, 2.45) is 4.99 Å². The minimum absolute atomic E-state index is 0. The van der Waals surface area contributed by atoms with Crippen LogP contribution in [-0.2, 0) is 16.4 Å². The molecule has 0 aromatic heterocycles. The number of anilines is 1. The summed E-state index contributed by atoms with van der Waals surface area (Å²) in [6.45, 7) is 2.65. The number of sulfonamides is 1. The number of hydrogen-bond acceptors (Lipinski definition) is 4. The third-order valence-corrected chi connectivity index (χ3v) is 6.91. The number of alkyl halides is 3. The van der Waals surface area contributed by atoms with Crippen molar-refractivity contribution in [2.75, 3.05) is 49.3 Å². The van der Waals surface area contributed by atoms with Crippen LogP contribution in [0.3, 0.4) is 0 Å². The lowest BCUT2D eigenvalue weighted by atomic mass is 10.2. The summed E-state index contributed by atoms with van der Waals surface area (Å²) in [5.74, 6) is 0.288. The Kier molecular flexibility index (Phi) is 9.25. The largest absolute Gasteiger partial charge is 0.401 e. The summed E-state index contributed by atoms with van der Waals surface area (Å²) in [6.07, 6.45) is -2.95. The van der Waals surface area contributed by atoms with Crippen molar-refractivity contribution in [2.45, 2.75) is 32.0 Å². The quantitative estimate of drug-likeness (QED) is 0.296. The summed E-state index contributed by atoms with van der Waals surface area (Å²) in [5.41, 5.74) is 1.74. The summed E-state index contributed by atoms with van der Waals surface area (Å²) in [7, 11) is -3.50. The first-order chi connectivity index (χ1) is 14.2. The molecule has 0 spiro atoms. The van der Waals surface area contributed by atoms with Gasteiger partial charge in [-0.1, -0.05) is 18.2 Å². The topological polar surface area (TPSA) is 77.0 Å². The molecule has 1 saturated heterocycles. The van der Waals surface area contributed by atoms with Crippen molar-refractivity contribution >= 4 is 45.6 Å². The van der Waals surface area contributed by atoms with Crippen molar-refractivity contribution in [1.29, 1.82) is 0 Å². The fraction of sp³-hybridized carbons (Fsp3) is 0.632. The highest BCUT2D eigenvalue weighted by atomic mass is 127. The molecule has 12 heteroatoms. The summed E-state index contributed by atoms with van der Waals surface area (Å²) in [4.78, 5) is 5.69. The summed E-state index contributed by atoms with van der Waals surface area (Å²) in [5, 5.41) is 6.16. The zero-order valence-electron chi connectivity index (χ0n) is 17.4. The molecule has 0 aliphatic carbocycles. The molecule has 3 rings (SSSR count). The lowest BCUT2D eigenvalue weighted by molar-refractivity contribution is -0.143. The van der Waals surface area contributed by atoms with E-state index in [1.165, 1.54) is 9.21 Å². The normalized spacial score (nSPS) is 19.8. The maximum atomic E-state index is 12.8. The van der Waals surface area contributed by atoms with Gasteiger partial charge in [0.15, 0.2) is 5.96 Å². The highest BCUT2D eigenvalue weighted by molar-refractivity contribution is 14.0. The molecule has 1 unspecified atom stereocenters. The molecule has 31 heavy (non-hydrogen) atoms. The fourth-order valence-corrected chi connectivity index (χ4v) is 5.23. The fourth-order valence-electron chi connectivity index (χ4n) is 3.84. The number of rotatable bonds is 7. The molecule has 0 amide bonds. The van der Waals surface area contributed by atoms with Gasteiger partial charge in [-0.3, -0.25) is 14.2 Å². The van der Waals surface area contributed by atoms with Crippen LogP contribution >= 0.6 is 24.0 Å². The minimum atomic E-state index is -4.21. The van der Waals surface area contributed by atoms with E-state index in [-0.39, 0.29) is 48.9 Å². The number of nitrogens with zero attached hydrogens (tertiary/aromatic N) is 3. The van der Waals surface area contributed by atoms with E-state index in [9.17, 15) is 21.6 Å². The lowest BCUT2D eigenvalue weighted by Gasteiger charge is -2.20. The van der Waals surface area contributed by atoms with Crippen LogP contribution in [0.5, 0.6) is 0 Å². The Morgan fingerprint density at radius 3 is 2.71 bits per heavy atom. The summed E-state index contributed by atoms with van der Waals surface area (Å²) < 4.78 is 64.6. The number of hydrogen-bond donors (Lipinski definition) is 2. The summed E-state index contributed by atoms with van der Waals surface area (Å²) >= 11 is 0. The van der Waals surface area contributed by atoms with E-state index >= 15 is 0 Å². The van der Waals surface area contributed by atoms with Crippen molar-refractivity contribution in [1.82, 2.24) is 15.5 Å². The molecule has 176 valence electrons. The first kappa shape index (κ1) is 26.0. The third-order valence-electron chi connectivity index (χ3n) is 5.16. The molecular weight excluding hydrogens is 546 g/mol. The van der Waals surface area contributed by atoms with Crippen LogP contribution in [-0.4, -0.2) is 76.5 Å². The van der Waals surface area contributed by atoms with E-state index in [1.54, 1.807) is 0 Å². The number of guanidine groups is 1. The summed E-state index contributed by atoms with van der Waals surface area (Å²) in [6, 6.07) is 7.29. The Morgan fingerprint density at radius 2 is 2.00 bits per heavy atom. The number of fused-ring (bicyclic) bond motifs is 1. The van der Waals surface area contributed by atoms with Crippen molar-refractivity contribution < 1.29 is 21.6 Å². The van der Waals surface area contributed by atoms with Gasteiger partial charge in [0.1, 0.15) is 0 Å². The van der Waals surface area contributed by atoms with Crippen LogP contribution in [0.15, 0.2) is 29.3 Å². The molecule has 2 aliphatic heterocycles. The average molecular weight is 575 g/mol. The lowest BCUT2D eigenvalue weighted by Crippen LogP contribution is -2.45. The average Bonchev–Trinajstić information content (AvgIpc) is 3.27. The number of likely N-dealkylation sites (tertiary alicyclic amines) is 1. The SMILES string of the molecule is CCNC(=NCCS(=O)(=O)N1CCc2ccccc21)NC1CCN(CC(F)(F)F)C1.I. The Morgan fingerprint density at radius 1 is 1.26 bits per heavy atom. The smallest absolute Gasteiger partial charge is 0.357 e. The van der Waals surface area contributed by atoms with Crippen LogP contribution in [0.25, 0.3) is 0 Å². The molecule has 2 N–H and O–H groups in total. The van der Waals surface area contributed by atoms with Crippen LogP contribution in [0.1, 0.15) is 18.9 Å². The monoisotopic (exact) mass is 575 g/mol. The molecule has 0 saturated carbocycles. The molecule has 1 aromatic rings. The molecule has 1 fully saturated rings. The molecule has 2 aliphatic rings. The molecule has 0 radical (unpaired) electrons. The maximum absolute atomic E-state index is 12.8. The van der Waals surface area contributed by atoms with E-state index in [4.69, 9.17) is 0 Å². The molecule has 2 heterocycles. The second kappa shape index (κ2) is 11.0. The Labute approximate surface area is 198 Å². The first-order valence-corrected chi connectivity index (χ1v) is 11.7. The molecule has 0 bridgehead atoms. The van der Waals surface area contributed by atoms with E-state index in [0.717, 1.165) is 11.3 Å². The van der Waals surface area contributed by atoms with Gasteiger partial charge in [0.25, 0.3) is 0 Å². The van der Waals surface area contributed by atoms with E-state index in [0.29, 0.717) is 38.4 Å². The minimum Gasteiger partial charge on any atom is -0.357 e. The van der Waals surface area contributed by atoms with Gasteiger partial charge in [-0.15, -0.1) is 24.0 Å². The van der Waals surface area contributed by atoms with E-state index in [1.807, 2.05) is 31.2 Å².